The Bertz CT molecular complexity index is 1180. The molecule has 0 aliphatic carbocycles. The average molecular weight is 562 g/mol. The molecule has 4 rings (SSSR count). The molecule has 0 spiro atoms. The van der Waals surface area contributed by atoms with Gasteiger partial charge in [0, 0.05) is 25.8 Å². The molecule has 0 radical (unpaired) electrons. The third-order valence-electron chi connectivity index (χ3n) is 5.34. The molecule has 2 aromatic carbocycles. The highest BCUT2D eigenvalue weighted by atomic mass is 79.9. The van der Waals surface area contributed by atoms with Gasteiger partial charge >= 0.3 is 5.97 Å². The monoisotopic (exact) mass is 561 g/mol. The summed E-state index contributed by atoms with van der Waals surface area (Å²) in [6, 6.07) is 11.4. The van der Waals surface area contributed by atoms with E-state index in [1.54, 1.807) is 25.3 Å². The number of morpholine rings is 1. The molecule has 0 unspecified atom stereocenters. The predicted molar refractivity (Wildman–Crippen MR) is 139 cm³/mol. The smallest absolute Gasteiger partial charge is 0.341 e. The van der Waals surface area contributed by atoms with Gasteiger partial charge in [-0.3, -0.25) is 9.69 Å². The van der Waals surface area contributed by atoms with Gasteiger partial charge in [0.05, 0.1) is 35.4 Å². The number of nitrogens with zero attached hydrogens (tertiary/aromatic N) is 3. The summed E-state index contributed by atoms with van der Waals surface area (Å²) in [5, 5.41) is 9.45. The minimum Gasteiger partial charge on any atom is -0.493 e. The number of likely N-dealkylation sites (N-methyl/N-ethyl adjacent to an activating group) is 1. The topological polar surface area (TPSA) is 101 Å². The van der Waals surface area contributed by atoms with Crippen molar-refractivity contribution in [2.45, 2.75) is 0 Å². The van der Waals surface area contributed by atoms with Gasteiger partial charge in [-0.2, -0.15) is 0 Å². The van der Waals surface area contributed by atoms with E-state index in [1.807, 2.05) is 24.3 Å². The number of carboxylic acids is 1. The molecule has 0 bridgehead atoms. The number of aliphatic carboxylic acids is 1. The molecule has 2 aromatic rings. The van der Waals surface area contributed by atoms with Gasteiger partial charge in [-0.15, -0.1) is 0 Å². The Hall–Kier alpha value is -3.02. The van der Waals surface area contributed by atoms with Gasteiger partial charge in [0.25, 0.3) is 5.91 Å². The number of amides is 1. The van der Waals surface area contributed by atoms with Crippen LogP contribution in [0.25, 0.3) is 6.08 Å². The zero-order valence-corrected chi connectivity index (χ0v) is 21.6. The maximum absolute atomic E-state index is 12.9. The largest absolute Gasteiger partial charge is 0.493 e. The first kappa shape index (κ1) is 25.1. The summed E-state index contributed by atoms with van der Waals surface area (Å²) in [7, 11) is 3.15. The summed E-state index contributed by atoms with van der Waals surface area (Å²) < 4.78 is 16.6. The van der Waals surface area contributed by atoms with Crippen LogP contribution < -0.4 is 14.4 Å². The number of thioether (sulfide) groups is 1. The molecule has 2 saturated heterocycles. The minimum absolute atomic E-state index is 0.167. The van der Waals surface area contributed by atoms with Crippen LogP contribution in [0.3, 0.4) is 0 Å². The summed E-state index contributed by atoms with van der Waals surface area (Å²) >= 11 is 4.67. The number of benzene rings is 2. The highest BCUT2D eigenvalue weighted by Crippen LogP contribution is 2.39. The molecule has 1 amide bonds. The third-order valence-corrected chi connectivity index (χ3v) is 6.99. The van der Waals surface area contributed by atoms with E-state index in [1.165, 1.54) is 23.8 Å². The van der Waals surface area contributed by atoms with Crippen molar-refractivity contribution in [3.63, 3.8) is 0 Å². The lowest BCUT2D eigenvalue weighted by Crippen LogP contribution is -2.36. The number of anilines is 1. The van der Waals surface area contributed by atoms with E-state index in [4.69, 9.17) is 19.3 Å². The minimum atomic E-state index is -1.09. The highest BCUT2D eigenvalue weighted by Gasteiger charge is 2.30. The molecule has 0 aromatic heterocycles. The van der Waals surface area contributed by atoms with Crippen molar-refractivity contribution in [1.29, 1.82) is 0 Å². The number of hydrogen-bond donors (Lipinski definition) is 1. The third kappa shape index (κ3) is 5.98. The maximum atomic E-state index is 12.9. The second-order valence-corrected chi connectivity index (χ2v) is 9.56. The lowest BCUT2D eigenvalue weighted by atomic mass is 10.2. The summed E-state index contributed by atoms with van der Waals surface area (Å²) in [6.07, 6.45) is 1.74. The number of rotatable bonds is 7. The molecule has 9 nitrogen and oxygen atoms in total. The Morgan fingerprint density at radius 2 is 1.97 bits per heavy atom. The number of carbonyl (C=O) groups excluding carboxylic acids is 1. The Morgan fingerprint density at radius 3 is 2.63 bits per heavy atom. The van der Waals surface area contributed by atoms with E-state index < -0.39 is 12.6 Å². The van der Waals surface area contributed by atoms with E-state index in [0.717, 1.165) is 37.7 Å². The van der Waals surface area contributed by atoms with E-state index in [2.05, 4.69) is 25.8 Å². The van der Waals surface area contributed by atoms with Crippen LogP contribution in [0.1, 0.15) is 5.56 Å². The zero-order chi connectivity index (χ0) is 24.9. The normalized spacial score (nSPS) is 18.4. The van der Waals surface area contributed by atoms with E-state index in [-0.39, 0.29) is 11.7 Å². The number of carbonyl (C=O) groups is 2. The molecule has 11 heteroatoms. The molecule has 0 saturated carbocycles. The van der Waals surface area contributed by atoms with Crippen molar-refractivity contribution >= 4 is 62.2 Å². The first-order chi connectivity index (χ1) is 16.9. The zero-order valence-electron chi connectivity index (χ0n) is 19.2. The van der Waals surface area contributed by atoms with Gasteiger partial charge in [0.1, 0.15) is 0 Å². The number of ether oxygens (including phenoxy) is 3. The highest BCUT2D eigenvalue weighted by molar-refractivity contribution is 9.10. The fourth-order valence-electron chi connectivity index (χ4n) is 3.57. The van der Waals surface area contributed by atoms with Crippen molar-refractivity contribution in [3.05, 3.63) is 51.3 Å². The molecule has 2 fully saturated rings. The van der Waals surface area contributed by atoms with E-state index in [0.29, 0.717) is 25.9 Å². The number of carboxylic acid groups (broad SMARTS) is 1. The Labute approximate surface area is 215 Å². The first-order valence-corrected chi connectivity index (χ1v) is 12.4. The van der Waals surface area contributed by atoms with Crippen LogP contribution in [0.2, 0.25) is 0 Å². The average Bonchev–Trinajstić information content (AvgIpc) is 3.11. The van der Waals surface area contributed by atoms with Crippen LogP contribution in [-0.4, -0.2) is 74.1 Å². The lowest BCUT2D eigenvalue weighted by molar-refractivity contribution is -0.139. The van der Waals surface area contributed by atoms with Gasteiger partial charge in [0.15, 0.2) is 23.3 Å². The van der Waals surface area contributed by atoms with Crippen molar-refractivity contribution in [1.82, 2.24) is 4.90 Å². The molecule has 2 aliphatic heterocycles. The van der Waals surface area contributed by atoms with Gasteiger partial charge in [-0.25, -0.2) is 9.79 Å². The number of methoxy groups -OCH3 is 1. The maximum Gasteiger partial charge on any atom is 0.341 e. The number of aliphatic imine (C=N–C) groups is 1. The Kier molecular flexibility index (Phi) is 7.99. The van der Waals surface area contributed by atoms with Crippen LogP contribution in [-0.2, 0) is 14.3 Å². The molecular formula is C24H24BrN3O6S. The quantitative estimate of drug-likeness (QED) is 0.506. The fraction of sp³-hybridized carbons (Fsp3) is 0.292. The molecule has 184 valence electrons. The van der Waals surface area contributed by atoms with E-state index >= 15 is 0 Å². The second-order valence-electron chi connectivity index (χ2n) is 7.70. The molecule has 1 N–H and O–H groups in total. The first-order valence-electron chi connectivity index (χ1n) is 10.8. The standard InChI is InChI=1S/C24H24BrN3O6S/c1-27-23(31)20(13-15-11-18(25)22(19(12-15)32-2)34-14-21(29)30)35-24(27)26-16-3-5-17(6-4-16)28-7-9-33-10-8-28/h3-6,11-13H,7-10,14H2,1-2H3,(H,29,30)/b20-13-,26-24?. The van der Waals surface area contributed by atoms with Gasteiger partial charge in [-0.05, 0) is 75.7 Å². The molecular weight excluding hydrogens is 538 g/mol. The molecule has 2 heterocycles. The van der Waals surface area contributed by atoms with Crippen molar-refractivity contribution in [2.24, 2.45) is 4.99 Å². The Morgan fingerprint density at radius 1 is 1.26 bits per heavy atom. The number of halogens is 1. The number of amidine groups is 1. The summed E-state index contributed by atoms with van der Waals surface area (Å²) in [5.41, 5.74) is 2.57. The van der Waals surface area contributed by atoms with Crippen LogP contribution in [0, 0.1) is 0 Å². The predicted octanol–water partition coefficient (Wildman–Crippen LogP) is 3.99. The summed E-state index contributed by atoms with van der Waals surface area (Å²) in [4.78, 5) is 32.7. The Balaban J connectivity index is 1.53. The SMILES string of the molecule is COc1cc(/C=C2\SC(=Nc3ccc(N4CCOCC4)cc3)N(C)C2=O)cc(Br)c1OCC(=O)O. The van der Waals surface area contributed by atoms with Crippen molar-refractivity contribution in [3.8, 4) is 11.5 Å². The number of hydrogen-bond acceptors (Lipinski definition) is 8. The van der Waals surface area contributed by atoms with Gasteiger partial charge in [0.2, 0.25) is 0 Å². The lowest BCUT2D eigenvalue weighted by Gasteiger charge is -2.28. The van der Waals surface area contributed by atoms with E-state index in [9.17, 15) is 9.59 Å². The molecule has 2 aliphatic rings. The summed E-state index contributed by atoms with van der Waals surface area (Å²) in [6.45, 7) is 2.68. The van der Waals surface area contributed by atoms with Crippen molar-refractivity contribution in [2.75, 3.05) is 52.0 Å². The van der Waals surface area contributed by atoms with Gasteiger partial charge in [-0.1, -0.05) is 0 Å². The van der Waals surface area contributed by atoms with Crippen molar-refractivity contribution < 1.29 is 28.9 Å². The molecule has 0 atom stereocenters. The fourth-order valence-corrected chi connectivity index (χ4v) is 5.13. The second kappa shape index (κ2) is 11.1. The van der Waals surface area contributed by atoms with Crippen LogP contribution in [0.5, 0.6) is 11.5 Å². The van der Waals surface area contributed by atoms with Gasteiger partial charge < -0.3 is 24.2 Å². The molecule has 35 heavy (non-hydrogen) atoms. The van der Waals surface area contributed by atoms with Crippen LogP contribution >= 0.6 is 27.7 Å². The van der Waals surface area contributed by atoms with Crippen LogP contribution in [0.4, 0.5) is 11.4 Å². The summed E-state index contributed by atoms with van der Waals surface area (Å²) in [5.74, 6) is -0.628. The van der Waals surface area contributed by atoms with Crippen LogP contribution in [0.15, 0.2) is 50.8 Å².